The summed E-state index contributed by atoms with van der Waals surface area (Å²) in [6.07, 6.45) is 4.28. The zero-order valence-electron chi connectivity index (χ0n) is 12.6. The standard InChI is InChI=1S/C17H22FN3/c1-12(2)10-19-11-14-4-3-5-15(18)17(14)21-9-8-16(20-21)13-6-7-13/h3-5,8-9,12-13,19H,6-7,10-11H2,1-2H3. The van der Waals surface area contributed by atoms with Crippen LogP contribution in [0.4, 0.5) is 4.39 Å². The van der Waals surface area contributed by atoms with Gasteiger partial charge < -0.3 is 5.32 Å². The van der Waals surface area contributed by atoms with Gasteiger partial charge in [-0.25, -0.2) is 9.07 Å². The van der Waals surface area contributed by atoms with E-state index >= 15 is 0 Å². The highest BCUT2D eigenvalue weighted by Gasteiger charge is 2.26. The molecule has 1 N–H and O–H groups in total. The lowest BCUT2D eigenvalue weighted by Gasteiger charge is -2.13. The lowest BCUT2D eigenvalue weighted by molar-refractivity contribution is 0.547. The first-order valence-electron chi connectivity index (χ1n) is 7.69. The van der Waals surface area contributed by atoms with Gasteiger partial charge in [0.25, 0.3) is 0 Å². The van der Waals surface area contributed by atoms with Crippen LogP contribution < -0.4 is 5.32 Å². The Bertz CT molecular complexity index is 614. The van der Waals surface area contributed by atoms with Crippen LogP contribution in [0.2, 0.25) is 0 Å². The highest BCUT2D eigenvalue weighted by Crippen LogP contribution is 2.39. The van der Waals surface area contributed by atoms with Gasteiger partial charge in [0.1, 0.15) is 11.5 Å². The average Bonchev–Trinajstić information content (AvgIpc) is 3.18. The number of aromatic nitrogens is 2. The lowest BCUT2D eigenvalue weighted by Crippen LogP contribution is -2.20. The molecule has 1 aromatic carbocycles. The minimum atomic E-state index is -0.218. The molecule has 1 heterocycles. The van der Waals surface area contributed by atoms with Gasteiger partial charge in [-0.2, -0.15) is 5.10 Å². The first kappa shape index (κ1) is 14.3. The van der Waals surface area contributed by atoms with Crippen LogP contribution in [0, 0.1) is 11.7 Å². The summed E-state index contributed by atoms with van der Waals surface area (Å²) in [5.74, 6) is 0.943. The smallest absolute Gasteiger partial charge is 0.149 e. The van der Waals surface area contributed by atoms with E-state index in [4.69, 9.17) is 0 Å². The topological polar surface area (TPSA) is 29.9 Å². The number of para-hydroxylation sites is 1. The zero-order valence-corrected chi connectivity index (χ0v) is 12.6. The number of hydrogen-bond acceptors (Lipinski definition) is 2. The number of nitrogens with one attached hydrogen (secondary N) is 1. The number of benzene rings is 1. The SMILES string of the molecule is CC(C)CNCc1cccc(F)c1-n1ccc(C2CC2)n1. The molecule has 0 saturated heterocycles. The predicted octanol–water partition coefficient (Wildman–Crippen LogP) is 3.63. The molecule has 0 radical (unpaired) electrons. The Hall–Kier alpha value is -1.68. The Labute approximate surface area is 125 Å². The Balaban J connectivity index is 1.84. The third-order valence-electron chi connectivity index (χ3n) is 3.77. The molecule has 2 aromatic rings. The first-order chi connectivity index (χ1) is 10.1. The Morgan fingerprint density at radius 3 is 2.86 bits per heavy atom. The van der Waals surface area contributed by atoms with E-state index in [1.165, 1.54) is 18.9 Å². The van der Waals surface area contributed by atoms with Crippen molar-refractivity contribution in [2.45, 2.75) is 39.2 Å². The van der Waals surface area contributed by atoms with Crippen molar-refractivity contribution in [2.24, 2.45) is 5.92 Å². The lowest BCUT2D eigenvalue weighted by atomic mass is 10.1. The maximum atomic E-state index is 14.3. The fraction of sp³-hybridized carbons (Fsp3) is 0.471. The molecule has 1 saturated carbocycles. The molecular weight excluding hydrogens is 265 g/mol. The molecule has 1 aliphatic rings. The molecule has 0 spiro atoms. The van der Waals surface area contributed by atoms with Gasteiger partial charge >= 0.3 is 0 Å². The number of nitrogens with zero attached hydrogens (tertiary/aromatic N) is 2. The predicted molar refractivity (Wildman–Crippen MR) is 82.0 cm³/mol. The van der Waals surface area contributed by atoms with E-state index in [1.807, 2.05) is 18.3 Å². The summed E-state index contributed by atoms with van der Waals surface area (Å²) in [6.45, 7) is 5.90. The molecule has 0 unspecified atom stereocenters. The summed E-state index contributed by atoms with van der Waals surface area (Å²) < 4.78 is 15.9. The molecule has 21 heavy (non-hydrogen) atoms. The van der Waals surface area contributed by atoms with Crippen molar-refractivity contribution in [2.75, 3.05) is 6.54 Å². The maximum absolute atomic E-state index is 14.3. The molecule has 112 valence electrons. The second-order valence-electron chi connectivity index (χ2n) is 6.23. The van der Waals surface area contributed by atoms with Crippen molar-refractivity contribution in [3.05, 3.63) is 47.5 Å². The second kappa shape index (κ2) is 5.98. The monoisotopic (exact) mass is 287 g/mol. The Morgan fingerprint density at radius 2 is 2.14 bits per heavy atom. The average molecular weight is 287 g/mol. The molecule has 0 bridgehead atoms. The first-order valence-corrected chi connectivity index (χ1v) is 7.69. The number of rotatable bonds is 6. The summed E-state index contributed by atoms with van der Waals surface area (Å²) in [7, 11) is 0. The molecule has 4 heteroatoms. The number of hydrogen-bond donors (Lipinski definition) is 1. The molecule has 0 amide bonds. The van der Waals surface area contributed by atoms with Crippen molar-refractivity contribution in [1.29, 1.82) is 0 Å². The second-order valence-corrected chi connectivity index (χ2v) is 6.23. The highest BCUT2D eigenvalue weighted by atomic mass is 19.1. The fourth-order valence-corrected chi connectivity index (χ4v) is 2.51. The van der Waals surface area contributed by atoms with Gasteiger partial charge in [0, 0.05) is 18.7 Å². The normalized spacial score (nSPS) is 14.9. The van der Waals surface area contributed by atoms with Gasteiger partial charge in [0.2, 0.25) is 0 Å². The van der Waals surface area contributed by atoms with E-state index in [1.54, 1.807) is 10.7 Å². The van der Waals surface area contributed by atoms with Crippen molar-refractivity contribution in [3.63, 3.8) is 0 Å². The van der Waals surface area contributed by atoms with Crippen LogP contribution in [0.15, 0.2) is 30.5 Å². The molecule has 0 aliphatic heterocycles. The minimum absolute atomic E-state index is 0.218. The van der Waals surface area contributed by atoms with Gasteiger partial charge in [-0.05, 0) is 43.0 Å². The zero-order chi connectivity index (χ0) is 14.8. The van der Waals surface area contributed by atoms with Crippen molar-refractivity contribution < 1.29 is 4.39 Å². The molecular formula is C17H22FN3. The molecule has 3 rings (SSSR count). The van der Waals surface area contributed by atoms with Crippen molar-refractivity contribution in [3.8, 4) is 5.69 Å². The van der Waals surface area contributed by atoms with Crippen LogP contribution in [0.3, 0.4) is 0 Å². The van der Waals surface area contributed by atoms with Crippen LogP contribution in [-0.2, 0) is 6.54 Å². The van der Waals surface area contributed by atoms with E-state index in [0.717, 1.165) is 17.8 Å². The van der Waals surface area contributed by atoms with Gasteiger partial charge in [0.05, 0.1) is 5.69 Å². The summed E-state index contributed by atoms with van der Waals surface area (Å²) in [5.41, 5.74) is 2.60. The third kappa shape index (κ3) is 3.32. The summed E-state index contributed by atoms with van der Waals surface area (Å²) >= 11 is 0. The quantitative estimate of drug-likeness (QED) is 0.879. The van der Waals surface area contributed by atoms with Crippen LogP contribution in [0.1, 0.15) is 43.9 Å². The van der Waals surface area contributed by atoms with Crippen LogP contribution in [-0.4, -0.2) is 16.3 Å². The van der Waals surface area contributed by atoms with E-state index < -0.39 is 0 Å². The van der Waals surface area contributed by atoms with E-state index in [-0.39, 0.29) is 5.82 Å². The van der Waals surface area contributed by atoms with Crippen LogP contribution in [0.25, 0.3) is 5.69 Å². The minimum Gasteiger partial charge on any atom is -0.312 e. The number of halogens is 1. The van der Waals surface area contributed by atoms with Crippen molar-refractivity contribution in [1.82, 2.24) is 15.1 Å². The maximum Gasteiger partial charge on any atom is 0.149 e. The van der Waals surface area contributed by atoms with Crippen LogP contribution in [0.5, 0.6) is 0 Å². The van der Waals surface area contributed by atoms with E-state index in [0.29, 0.717) is 24.1 Å². The van der Waals surface area contributed by atoms with E-state index in [9.17, 15) is 4.39 Å². The molecule has 1 fully saturated rings. The molecule has 0 atom stereocenters. The summed E-state index contributed by atoms with van der Waals surface area (Å²) in [4.78, 5) is 0. The Morgan fingerprint density at radius 1 is 1.33 bits per heavy atom. The third-order valence-corrected chi connectivity index (χ3v) is 3.77. The van der Waals surface area contributed by atoms with Gasteiger partial charge in [-0.3, -0.25) is 0 Å². The summed E-state index contributed by atoms with van der Waals surface area (Å²) in [6, 6.07) is 7.23. The fourth-order valence-electron chi connectivity index (χ4n) is 2.51. The van der Waals surface area contributed by atoms with Gasteiger partial charge in [-0.15, -0.1) is 0 Å². The largest absolute Gasteiger partial charge is 0.312 e. The van der Waals surface area contributed by atoms with Crippen LogP contribution >= 0.6 is 0 Å². The van der Waals surface area contributed by atoms with Gasteiger partial charge in [-0.1, -0.05) is 26.0 Å². The van der Waals surface area contributed by atoms with Gasteiger partial charge in [0.15, 0.2) is 0 Å². The molecule has 1 aliphatic carbocycles. The van der Waals surface area contributed by atoms with Crippen molar-refractivity contribution >= 4 is 0 Å². The molecule has 3 nitrogen and oxygen atoms in total. The Kier molecular flexibility index (Phi) is 4.06. The molecule has 1 aromatic heterocycles. The highest BCUT2D eigenvalue weighted by molar-refractivity contribution is 5.42. The summed E-state index contributed by atoms with van der Waals surface area (Å²) in [5, 5.41) is 7.93. The van der Waals surface area contributed by atoms with E-state index in [2.05, 4.69) is 24.3 Å².